The van der Waals surface area contributed by atoms with E-state index >= 15 is 0 Å². The summed E-state index contributed by atoms with van der Waals surface area (Å²) in [6, 6.07) is 11.2. The third kappa shape index (κ3) is 4.66. The predicted octanol–water partition coefficient (Wildman–Crippen LogP) is 3.30. The Morgan fingerprint density at radius 2 is 2.11 bits per heavy atom. The number of carbonyl (C=O) groups excluding carboxylic acids is 2. The first kappa shape index (κ1) is 19.4. The lowest BCUT2D eigenvalue weighted by Gasteiger charge is -2.18. The molecular weight excluding hydrogens is 410 g/mol. The van der Waals surface area contributed by atoms with E-state index in [0.717, 1.165) is 15.7 Å². The van der Waals surface area contributed by atoms with Gasteiger partial charge in [-0.2, -0.15) is 0 Å². The summed E-state index contributed by atoms with van der Waals surface area (Å²) in [6.45, 7) is 4.54. The minimum atomic E-state index is -0.379. The van der Waals surface area contributed by atoms with Gasteiger partial charge in [0.1, 0.15) is 0 Å². The van der Waals surface area contributed by atoms with Crippen molar-refractivity contribution < 1.29 is 14.3 Å². The highest BCUT2D eigenvalue weighted by molar-refractivity contribution is 9.10. The summed E-state index contributed by atoms with van der Waals surface area (Å²) in [5.41, 5.74) is 1.60. The van der Waals surface area contributed by atoms with E-state index in [1.807, 2.05) is 50.2 Å². The maximum absolute atomic E-state index is 12.6. The molecule has 2 heterocycles. The SMILES string of the molecule is CC(C)Oc1ncccc1CNC(=O)C1CC(=O)N(c2ccccc2Br)C1. The van der Waals surface area contributed by atoms with Crippen LogP contribution in [0.4, 0.5) is 5.69 Å². The number of ether oxygens (including phenoxy) is 1. The Balaban J connectivity index is 1.63. The number of nitrogens with one attached hydrogen (secondary N) is 1. The van der Waals surface area contributed by atoms with Crippen molar-refractivity contribution in [2.75, 3.05) is 11.4 Å². The van der Waals surface area contributed by atoms with Crippen LogP contribution in [-0.4, -0.2) is 29.4 Å². The molecule has 0 spiro atoms. The van der Waals surface area contributed by atoms with E-state index in [-0.39, 0.29) is 30.3 Å². The van der Waals surface area contributed by atoms with Gasteiger partial charge >= 0.3 is 0 Å². The number of anilines is 1. The molecule has 2 amide bonds. The number of benzene rings is 1. The Bertz CT molecular complexity index is 841. The molecule has 1 N–H and O–H groups in total. The van der Waals surface area contributed by atoms with E-state index in [9.17, 15) is 9.59 Å². The summed E-state index contributed by atoms with van der Waals surface area (Å²) >= 11 is 3.46. The Hall–Kier alpha value is -2.41. The minimum Gasteiger partial charge on any atom is -0.475 e. The summed E-state index contributed by atoms with van der Waals surface area (Å²) in [5, 5.41) is 2.91. The second-order valence-electron chi connectivity index (χ2n) is 6.71. The zero-order chi connectivity index (χ0) is 19.4. The second-order valence-corrected chi connectivity index (χ2v) is 7.56. The zero-order valence-electron chi connectivity index (χ0n) is 15.3. The van der Waals surface area contributed by atoms with Gasteiger partial charge in [0.05, 0.1) is 17.7 Å². The van der Waals surface area contributed by atoms with Crippen LogP contribution in [0.15, 0.2) is 47.1 Å². The Morgan fingerprint density at radius 3 is 2.85 bits per heavy atom. The number of pyridine rings is 1. The van der Waals surface area contributed by atoms with E-state index in [0.29, 0.717) is 19.0 Å². The zero-order valence-corrected chi connectivity index (χ0v) is 16.9. The Morgan fingerprint density at radius 1 is 1.33 bits per heavy atom. The molecule has 1 fully saturated rings. The molecule has 6 nitrogen and oxygen atoms in total. The van der Waals surface area contributed by atoms with Gasteiger partial charge in [-0.1, -0.05) is 18.2 Å². The number of para-hydroxylation sites is 1. The molecule has 142 valence electrons. The summed E-state index contributed by atoms with van der Waals surface area (Å²) in [4.78, 5) is 30.9. The van der Waals surface area contributed by atoms with E-state index in [4.69, 9.17) is 4.74 Å². The third-order valence-electron chi connectivity index (χ3n) is 4.29. The number of hydrogen-bond donors (Lipinski definition) is 1. The first-order chi connectivity index (χ1) is 13.0. The first-order valence-electron chi connectivity index (χ1n) is 8.89. The standard InChI is InChI=1S/C20H22BrN3O3/c1-13(2)27-20-14(6-5-9-22-20)11-23-19(26)15-10-18(25)24(12-15)17-8-4-3-7-16(17)21/h3-9,13,15H,10-12H2,1-2H3,(H,23,26). The molecule has 0 saturated carbocycles. The highest BCUT2D eigenvalue weighted by Crippen LogP contribution is 2.31. The average Bonchev–Trinajstić information content (AvgIpc) is 3.02. The molecule has 2 aromatic rings. The summed E-state index contributed by atoms with van der Waals surface area (Å²) < 4.78 is 6.52. The van der Waals surface area contributed by atoms with Crippen LogP contribution < -0.4 is 15.0 Å². The first-order valence-corrected chi connectivity index (χ1v) is 9.68. The average molecular weight is 432 g/mol. The van der Waals surface area contributed by atoms with E-state index in [1.165, 1.54) is 0 Å². The van der Waals surface area contributed by atoms with Crippen LogP contribution >= 0.6 is 15.9 Å². The van der Waals surface area contributed by atoms with Gasteiger partial charge in [0.2, 0.25) is 17.7 Å². The fraction of sp³-hybridized carbons (Fsp3) is 0.350. The Labute approximate surface area is 167 Å². The molecule has 1 aromatic heterocycles. The highest BCUT2D eigenvalue weighted by atomic mass is 79.9. The van der Waals surface area contributed by atoms with Crippen molar-refractivity contribution in [1.29, 1.82) is 0 Å². The molecule has 1 aliphatic heterocycles. The van der Waals surface area contributed by atoms with Crippen LogP contribution in [0.3, 0.4) is 0 Å². The number of carbonyl (C=O) groups is 2. The normalized spacial score (nSPS) is 16.7. The quantitative estimate of drug-likeness (QED) is 0.761. The number of rotatable bonds is 6. The van der Waals surface area contributed by atoms with Gasteiger partial charge in [0.25, 0.3) is 0 Å². The second kappa shape index (κ2) is 8.52. The molecule has 1 aromatic carbocycles. The van der Waals surface area contributed by atoms with Gasteiger partial charge in [-0.15, -0.1) is 0 Å². The van der Waals surface area contributed by atoms with Gasteiger partial charge < -0.3 is 15.0 Å². The largest absolute Gasteiger partial charge is 0.475 e. The van der Waals surface area contributed by atoms with Gasteiger partial charge in [-0.25, -0.2) is 4.98 Å². The van der Waals surface area contributed by atoms with Crippen molar-refractivity contribution in [2.45, 2.75) is 32.9 Å². The lowest BCUT2D eigenvalue weighted by atomic mass is 10.1. The Kier molecular flexibility index (Phi) is 6.11. The molecule has 3 rings (SSSR count). The summed E-state index contributed by atoms with van der Waals surface area (Å²) in [6.07, 6.45) is 1.86. The number of hydrogen-bond acceptors (Lipinski definition) is 4. The van der Waals surface area contributed by atoms with Crippen molar-refractivity contribution >= 4 is 33.4 Å². The lowest BCUT2D eigenvalue weighted by Crippen LogP contribution is -2.33. The van der Waals surface area contributed by atoms with Crippen LogP contribution in [-0.2, 0) is 16.1 Å². The lowest BCUT2D eigenvalue weighted by molar-refractivity contribution is -0.126. The van der Waals surface area contributed by atoms with Crippen LogP contribution in [0.1, 0.15) is 25.8 Å². The molecule has 1 aliphatic rings. The van der Waals surface area contributed by atoms with Crippen molar-refractivity contribution in [1.82, 2.24) is 10.3 Å². The predicted molar refractivity (Wildman–Crippen MR) is 106 cm³/mol. The summed E-state index contributed by atoms with van der Waals surface area (Å²) in [7, 11) is 0. The molecule has 1 unspecified atom stereocenters. The number of amides is 2. The minimum absolute atomic E-state index is 0.000294. The molecule has 1 saturated heterocycles. The van der Waals surface area contributed by atoms with Crippen LogP contribution in [0.2, 0.25) is 0 Å². The van der Waals surface area contributed by atoms with Crippen molar-refractivity contribution in [2.24, 2.45) is 5.92 Å². The molecule has 0 radical (unpaired) electrons. The fourth-order valence-corrected chi connectivity index (χ4v) is 3.50. The summed E-state index contributed by atoms with van der Waals surface area (Å²) in [5.74, 6) is -0.0506. The smallest absolute Gasteiger partial charge is 0.227 e. The van der Waals surface area contributed by atoms with Crippen LogP contribution in [0.5, 0.6) is 5.88 Å². The van der Waals surface area contributed by atoms with Crippen molar-refractivity contribution in [3.05, 3.63) is 52.6 Å². The van der Waals surface area contributed by atoms with E-state index < -0.39 is 0 Å². The molecule has 1 atom stereocenters. The van der Waals surface area contributed by atoms with Crippen LogP contribution in [0, 0.1) is 5.92 Å². The number of halogens is 1. The maximum Gasteiger partial charge on any atom is 0.227 e. The highest BCUT2D eigenvalue weighted by Gasteiger charge is 2.35. The van der Waals surface area contributed by atoms with Crippen molar-refractivity contribution in [3.63, 3.8) is 0 Å². The molecule has 7 heteroatoms. The third-order valence-corrected chi connectivity index (χ3v) is 4.96. The maximum atomic E-state index is 12.6. The fourth-order valence-electron chi connectivity index (χ4n) is 3.00. The van der Waals surface area contributed by atoms with Gasteiger partial charge in [0.15, 0.2) is 0 Å². The molecule has 0 bridgehead atoms. The molecule has 0 aliphatic carbocycles. The molecule has 27 heavy (non-hydrogen) atoms. The monoisotopic (exact) mass is 431 g/mol. The van der Waals surface area contributed by atoms with Gasteiger partial charge in [0, 0.05) is 35.7 Å². The number of nitrogens with zero attached hydrogens (tertiary/aromatic N) is 2. The molecular formula is C20H22BrN3O3. The van der Waals surface area contributed by atoms with E-state index in [1.54, 1.807) is 11.1 Å². The van der Waals surface area contributed by atoms with Gasteiger partial charge in [-0.05, 0) is 48.0 Å². The van der Waals surface area contributed by atoms with Gasteiger partial charge in [-0.3, -0.25) is 9.59 Å². The topological polar surface area (TPSA) is 71.5 Å². The number of aromatic nitrogens is 1. The van der Waals surface area contributed by atoms with Crippen LogP contribution in [0.25, 0.3) is 0 Å². The van der Waals surface area contributed by atoms with E-state index in [2.05, 4.69) is 26.2 Å². The van der Waals surface area contributed by atoms with Crippen molar-refractivity contribution in [3.8, 4) is 5.88 Å².